The lowest BCUT2D eigenvalue weighted by molar-refractivity contribution is -0.164. The van der Waals surface area contributed by atoms with Crippen molar-refractivity contribution in [2.45, 2.75) is 12.6 Å². The molecule has 0 saturated heterocycles. The number of rotatable bonds is 4. The molecule has 0 bridgehead atoms. The van der Waals surface area contributed by atoms with Gasteiger partial charge in [0.05, 0.1) is 13.5 Å². The lowest BCUT2D eigenvalue weighted by atomic mass is 10.1. The number of nitrogens with zero attached hydrogens (tertiary/aromatic N) is 1. The highest BCUT2D eigenvalue weighted by Gasteiger charge is 2.31. The second-order valence-corrected chi connectivity index (χ2v) is 2.83. The van der Waals surface area contributed by atoms with Crippen molar-refractivity contribution in [3.63, 3.8) is 0 Å². The van der Waals surface area contributed by atoms with E-state index in [0.29, 0.717) is 5.06 Å². The summed E-state index contributed by atoms with van der Waals surface area (Å²) in [4.78, 5) is 26.1. The Hall–Kier alpha value is -1.57. The Morgan fingerprint density at radius 2 is 2.00 bits per heavy atom. The second kappa shape index (κ2) is 5.50. The van der Waals surface area contributed by atoms with E-state index in [9.17, 15) is 22.8 Å². The van der Waals surface area contributed by atoms with E-state index in [1.54, 1.807) is 0 Å². The van der Waals surface area contributed by atoms with Crippen molar-refractivity contribution in [2.24, 2.45) is 5.73 Å². The molecule has 5 nitrogen and oxygen atoms in total. The molecule has 0 aliphatic heterocycles. The maximum absolute atomic E-state index is 12.0. The molecule has 0 aliphatic carbocycles. The first kappa shape index (κ1) is 14.4. The van der Waals surface area contributed by atoms with Gasteiger partial charge in [-0.05, 0) is 0 Å². The van der Waals surface area contributed by atoms with Crippen LogP contribution in [-0.4, -0.2) is 37.6 Å². The van der Waals surface area contributed by atoms with Gasteiger partial charge in [0.2, 0.25) is 0 Å². The van der Waals surface area contributed by atoms with E-state index >= 15 is 0 Å². The third kappa shape index (κ3) is 4.30. The van der Waals surface area contributed by atoms with Gasteiger partial charge in [0.15, 0.2) is 0 Å². The number of halogens is 3. The van der Waals surface area contributed by atoms with E-state index in [2.05, 4.69) is 4.84 Å². The number of carbonyl (C=O) groups is 2. The first-order chi connectivity index (χ1) is 7.22. The molecule has 0 heterocycles. The zero-order chi connectivity index (χ0) is 12.9. The summed E-state index contributed by atoms with van der Waals surface area (Å²) >= 11 is 0. The maximum Gasteiger partial charge on any atom is 0.393 e. The minimum Gasteiger partial charge on any atom is -0.394 e. The Morgan fingerprint density at radius 1 is 1.50 bits per heavy atom. The van der Waals surface area contributed by atoms with Crippen LogP contribution in [0.25, 0.3) is 0 Å². The molecule has 0 aromatic rings. The quantitative estimate of drug-likeness (QED) is 0.437. The molecule has 0 aliphatic rings. The van der Waals surface area contributed by atoms with Gasteiger partial charge in [-0.3, -0.25) is 14.4 Å². The van der Waals surface area contributed by atoms with Gasteiger partial charge in [-0.2, -0.15) is 13.2 Å². The van der Waals surface area contributed by atoms with E-state index in [1.807, 2.05) is 0 Å². The van der Waals surface area contributed by atoms with Crippen LogP contribution in [0.15, 0.2) is 11.3 Å². The molecular weight excluding hydrogens is 229 g/mol. The van der Waals surface area contributed by atoms with E-state index in [1.165, 1.54) is 0 Å². The molecular formula is C8H11F3N2O3. The number of carbonyl (C=O) groups excluding carboxylic acids is 2. The number of hydrogen-bond acceptors (Lipinski definition) is 4. The molecule has 0 rings (SSSR count). The SMILES string of the molecule is CON(C)C(=O)C(N)=C(C=O)CC(F)(F)F. The first-order valence-corrected chi connectivity index (χ1v) is 4.05. The van der Waals surface area contributed by atoms with E-state index in [0.717, 1.165) is 14.2 Å². The molecule has 1 amide bonds. The number of aldehydes is 1. The molecule has 0 radical (unpaired) electrons. The molecule has 0 aromatic heterocycles. The van der Waals surface area contributed by atoms with Gasteiger partial charge >= 0.3 is 6.18 Å². The number of allylic oxidation sites excluding steroid dienone is 1. The van der Waals surface area contributed by atoms with Crippen molar-refractivity contribution in [1.82, 2.24) is 5.06 Å². The molecule has 0 aromatic carbocycles. The predicted octanol–water partition coefficient (Wildman–Crippen LogP) is 0.370. The van der Waals surface area contributed by atoms with Gasteiger partial charge in [-0.1, -0.05) is 0 Å². The number of alkyl halides is 3. The van der Waals surface area contributed by atoms with Crippen molar-refractivity contribution < 1.29 is 27.6 Å². The number of hydrogen-bond donors (Lipinski definition) is 1. The second-order valence-electron chi connectivity index (χ2n) is 2.83. The summed E-state index contributed by atoms with van der Waals surface area (Å²) in [7, 11) is 2.29. The topological polar surface area (TPSA) is 72.6 Å². The fraction of sp³-hybridized carbons (Fsp3) is 0.500. The van der Waals surface area contributed by atoms with Gasteiger partial charge in [0.1, 0.15) is 12.0 Å². The number of nitrogens with two attached hydrogens (primary N) is 1. The summed E-state index contributed by atoms with van der Waals surface area (Å²) in [5.41, 5.74) is 3.53. The molecule has 2 N–H and O–H groups in total. The van der Waals surface area contributed by atoms with Crippen LogP contribution in [0.2, 0.25) is 0 Å². The van der Waals surface area contributed by atoms with E-state index in [-0.39, 0.29) is 6.29 Å². The van der Waals surface area contributed by atoms with Crippen LogP contribution in [0.4, 0.5) is 13.2 Å². The lowest BCUT2D eigenvalue weighted by Gasteiger charge is -2.15. The third-order valence-electron chi connectivity index (χ3n) is 1.67. The molecule has 0 unspecified atom stereocenters. The van der Waals surface area contributed by atoms with Crippen LogP contribution in [0.5, 0.6) is 0 Å². The molecule has 0 atom stereocenters. The number of hydroxylamine groups is 2. The highest BCUT2D eigenvalue weighted by molar-refractivity contribution is 5.97. The molecule has 0 spiro atoms. The largest absolute Gasteiger partial charge is 0.394 e. The third-order valence-corrected chi connectivity index (χ3v) is 1.67. The van der Waals surface area contributed by atoms with Crippen LogP contribution in [0.3, 0.4) is 0 Å². The van der Waals surface area contributed by atoms with Gasteiger partial charge < -0.3 is 5.73 Å². The number of amides is 1. The average molecular weight is 240 g/mol. The Bertz CT molecular complexity index is 312. The Kier molecular flexibility index (Phi) is 4.96. The van der Waals surface area contributed by atoms with Crippen molar-refractivity contribution in [3.8, 4) is 0 Å². The lowest BCUT2D eigenvalue weighted by Crippen LogP contribution is -2.32. The van der Waals surface area contributed by atoms with Crippen LogP contribution >= 0.6 is 0 Å². The summed E-state index contributed by atoms with van der Waals surface area (Å²) in [5, 5.41) is 0.620. The molecule has 0 fully saturated rings. The van der Waals surface area contributed by atoms with Gasteiger partial charge in [-0.25, -0.2) is 5.06 Å². The smallest absolute Gasteiger partial charge is 0.393 e. The predicted molar refractivity (Wildman–Crippen MR) is 47.7 cm³/mol. The monoisotopic (exact) mass is 240 g/mol. The Morgan fingerprint density at radius 3 is 2.31 bits per heavy atom. The van der Waals surface area contributed by atoms with Crippen molar-refractivity contribution >= 4 is 12.2 Å². The van der Waals surface area contributed by atoms with Gasteiger partial charge in [0.25, 0.3) is 5.91 Å². The van der Waals surface area contributed by atoms with Crippen LogP contribution in [0, 0.1) is 0 Å². The van der Waals surface area contributed by atoms with Gasteiger partial charge in [0, 0.05) is 12.6 Å². The zero-order valence-electron chi connectivity index (χ0n) is 8.67. The Labute approximate surface area is 89.6 Å². The normalized spacial score (nSPS) is 13.1. The summed E-state index contributed by atoms with van der Waals surface area (Å²) < 4.78 is 36.0. The minimum atomic E-state index is -4.60. The van der Waals surface area contributed by atoms with Crippen molar-refractivity contribution in [2.75, 3.05) is 14.2 Å². The summed E-state index contributed by atoms with van der Waals surface area (Å²) in [5.74, 6) is -1.01. The first-order valence-electron chi connectivity index (χ1n) is 4.05. The molecule has 8 heteroatoms. The summed E-state index contributed by atoms with van der Waals surface area (Å²) in [6.45, 7) is 0. The molecule has 92 valence electrons. The van der Waals surface area contributed by atoms with Crippen LogP contribution in [-0.2, 0) is 14.4 Å². The Balaban J connectivity index is 5.02. The average Bonchev–Trinajstić information content (AvgIpc) is 2.21. The van der Waals surface area contributed by atoms with Crippen molar-refractivity contribution in [1.29, 1.82) is 0 Å². The van der Waals surface area contributed by atoms with Gasteiger partial charge in [-0.15, -0.1) is 0 Å². The molecule has 0 saturated carbocycles. The van der Waals surface area contributed by atoms with Crippen LogP contribution in [0.1, 0.15) is 6.42 Å². The van der Waals surface area contributed by atoms with E-state index in [4.69, 9.17) is 5.73 Å². The number of likely N-dealkylation sites (N-methyl/N-ethyl adjacent to an activating group) is 1. The summed E-state index contributed by atoms with van der Waals surface area (Å²) in [6.07, 6.45) is -6.25. The molecule has 16 heavy (non-hydrogen) atoms. The van der Waals surface area contributed by atoms with Crippen molar-refractivity contribution in [3.05, 3.63) is 11.3 Å². The highest BCUT2D eigenvalue weighted by Crippen LogP contribution is 2.24. The standard InChI is InChI=1S/C8H11F3N2O3/c1-13(16-2)7(15)6(12)5(4-14)3-8(9,10)11/h4H,3,12H2,1-2H3. The highest BCUT2D eigenvalue weighted by atomic mass is 19.4. The van der Waals surface area contributed by atoms with Crippen LogP contribution < -0.4 is 5.73 Å². The summed E-state index contributed by atoms with van der Waals surface area (Å²) in [6, 6.07) is 0. The maximum atomic E-state index is 12.0. The fourth-order valence-corrected chi connectivity index (χ4v) is 0.806. The van der Waals surface area contributed by atoms with E-state index < -0.39 is 29.8 Å². The fourth-order valence-electron chi connectivity index (χ4n) is 0.806. The zero-order valence-corrected chi connectivity index (χ0v) is 8.67. The minimum absolute atomic E-state index is 0.0930.